The van der Waals surface area contributed by atoms with E-state index in [4.69, 9.17) is 16.3 Å². The standard InChI is InChI=1S/C19H16ClN5O3/c1-11-16(10-24-19(27)21-22-23-24)15-9-14(28-2)7-8-17(15)25(11)18(26)12-3-5-13(20)6-4-12/h3-9H,10H2,1-2H3,(H,21,23,27). The number of fused-ring (bicyclic) bond motifs is 1. The summed E-state index contributed by atoms with van der Waals surface area (Å²) >= 11 is 5.94. The first-order valence-electron chi connectivity index (χ1n) is 8.46. The van der Waals surface area contributed by atoms with Gasteiger partial charge in [-0.15, -0.1) is 0 Å². The maximum absolute atomic E-state index is 13.2. The zero-order valence-electron chi connectivity index (χ0n) is 15.1. The highest BCUT2D eigenvalue weighted by atomic mass is 35.5. The number of hydrogen-bond acceptors (Lipinski definition) is 5. The Balaban J connectivity index is 1.92. The molecule has 8 nitrogen and oxygen atoms in total. The quantitative estimate of drug-likeness (QED) is 0.571. The second kappa shape index (κ2) is 6.97. The monoisotopic (exact) mass is 397 g/mol. The summed E-state index contributed by atoms with van der Waals surface area (Å²) in [6.45, 7) is 2.01. The Morgan fingerprint density at radius 1 is 1.21 bits per heavy atom. The molecule has 28 heavy (non-hydrogen) atoms. The Morgan fingerprint density at radius 2 is 1.96 bits per heavy atom. The van der Waals surface area contributed by atoms with Crippen molar-refractivity contribution >= 4 is 28.4 Å². The summed E-state index contributed by atoms with van der Waals surface area (Å²) in [5, 5.41) is 10.9. The second-order valence-electron chi connectivity index (χ2n) is 6.26. The van der Waals surface area contributed by atoms with Crippen molar-refractivity contribution < 1.29 is 9.53 Å². The lowest BCUT2D eigenvalue weighted by Gasteiger charge is -2.08. The van der Waals surface area contributed by atoms with Gasteiger partial charge in [0, 0.05) is 27.2 Å². The van der Waals surface area contributed by atoms with Gasteiger partial charge in [0.2, 0.25) is 0 Å². The first-order valence-corrected chi connectivity index (χ1v) is 8.83. The van der Waals surface area contributed by atoms with Gasteiger partial charge in [0.25, 0.3) is 5.91 Å². The average molecular weight is 398 g/mol. The Bertz CT molecular complexity index is 1240. The summed E-state index contributed by atoms with van der Waals surface area (Å²) in [5.41, 5.74) is 2.28. The van der Waals surface area contributed by atoms with Crippen molar-refractivity contribution in [1.29, 1.82) is 0 Å². The van der Waals surface area contributed by atoms with Crippen molar-refractivity contribution in [3.8, 4) is 5.75 Å². The van der Waals surface area contributed by atoms with Crippen LogP contribution in [0.3, 0.4) is 0 Å². The molecule has 9 heteroatoms. The molecule has 2 aromatic heterocycles. The van der Waals surface area contributed by atoms with Crippen molar-refractivity contribution in [1.82, 2.24) is 24.8 Å². The number of carbonyl (C=O) groups is 1. The van der Waals surface area contributed by atoms with Crippen LogP contribution in [0.4, 0.5) is 0 Å². The van der Waals surface area contributed by atoms with E-state index in [1.165, 1.54) is 4.68 Å². The van der Waals surface area contributed by atoms with Gasteiger partial charge in [-0.25, -0.2) is 9.89 Å². The number of nitrogens with zero attached hydrogens (tertiary/aromatic N) is 4. The zero-order chi connectivity index (χ0) is 19.8. The molecule has 0 unspecified atom stereocenters. The minimum absolute atomic E-state index is 0.172. The van der Waals surface area contributed by atoms with Crippen molar-refractivity contribution in [2.45, 2.75) is 13.5 Å². The molecule has 4 aromatic rings. The van der Waals surface area contributed by atoms with E-state index in [1.54, 1.807) is 42.0 Å². The normalized spacial score (nSPS) is 11.1. The number of rotatable bonds is 4. The lowest BCUT2D eigenvalue weighted by Crippen LogP contribution is -2.19. The van der Waals surface area contributed by atoms with E-state index in [9.17, 15) is 9.59 Å². The molecule has 0 fully saturated rings. The van der Waals surface area contributed by atoms with Crippen LogP contribution in [0.5, 0.6) is 5.75 Å². The minimum atomic E-state index is -0.424. The van der Waals surface area contributed by atoms with Crippen molar-refractivity contribution in [2.75, 3.05) is 7.11 Å². The van der Waals surface area contributed by atoms with Gasteiger partial charge in [0.15, 0.2) is 0 Å². The molecule has 0 aliphatic rings. The number of benzene rings is 2. The molecule has 2 heterocycles. The number of hydrogen-bond donors (Lipinski definition) is 1. The topological polar surface area (TPSA) is 94.8 Å². The van der Waals surface area contributed by atoms with E-state index in [1.807, 2.05) is 19.1 Å². The highest BCUT2D eigenvalue weighted by molar-refractivity contribution is 6.30. The molecule has 0 radical (unpaired) electrons. The molecule has 0 saturated heterocycles. The first kappa shape index (κ1) is 18.0. The van der Waals surface area contributed by atoms with E-state index in [0.717, 1.165) is 10.9 Å². The van der Waals surface area contributed by atoms with Crippen molar-refractivity contribution in [3.05, 3.63) is 74.8 Å². The van der Waals surface area contributed by atoms with Crippen LogP contribution in [0, 0.1) is 6.92 Å². The third-order valence-electron chi connectivity index (χ3n) is 4.68. The van der Waals surface area contributed by atoms with Gasteiger partial charge < -0.3 is 4.74 Å². The largest absolute Gasteiger partial charge is 0.497 e. The van der Waals surface area contributed by atoms with Gasteiger partial charge in [0.1, 0.15) is 5.75 Å². The molecule has 0 atom stereocenters. The van der Waals surface area contributed by atoms with Gasteiger partial charge in [-0.3, -0.25) is 9.36 Å². The molecular weight excluding hydrogens is 382 g/mol. The predicted octanol–water partition coefficient (Wildman–Crippen LogP) is 2.63. The Labute approximate surface area is 164 Å². The van der Waals surface area contributed by atoms with E-state index in [2.05, 4.69) is 15.5 Å². The molecule has 0 amide bonds. The number of carbonyl (C=O) groups excluding carboxylic acids is 1. The number of tetrazole rings is 1. The number of methoxy groups -OCH3 is 1. The molecule has 0 spiro atoms. The van der Waals surface area contributed by atoms with Gasteiger partial charge >= 0.3 is 5.69 Å². The van der Waals surface area contributed by atoms with E-state index < -0.39 is 5.69 Å². The number of nitrogens with one attached hydrogen (secondary N) is 1. The van der Waals surface area contributed by atoms with Gasteiger partial charge in [-0.2, -0.15) is 4.68 Å². The van der Waals surface area contributed by atoms with E-state index in [0.29, 0.717) is 27.5 Å². The molecule has 142 valence electrons. The number of halogens is 1. The van der Waals surface area contributed by atoms with Crippen LogP contribution in [-0.2, 0) is 6.54 Å². The minimum Gasteiger partial charge on any atom is -0.497 e. The Kier molecular flexibility index (Phi) is 4.48. The first-order chi connectivity index (χ1) is 13.5. The fourth-order valence-electron chi connectivity index (χ4n) is 3.24. The van der Waals surface area contributed by atoms with Crippen molar-refractivity contribution in [2.24, 2.45) is 0 Å². The molecule has 1 N–H and O–H groups in total. The summed E-state index contributed by atoms with van der Waals surface area (Å²) in [7, 11) is 1.58. The molecule has 2 aromatic carbocycles. The molecule has 0 aliphatic carbocycles. The second-order valence-corrected chi connectivity index (χ2v) is 6.69. The SMILES string of the molecule is COc1ccc2c(c1)c(Cn1nn[nH]c1=O)c(C)n2C(=O)c1ccc(Cl)cc1. The van der Waals surface area contributed by atoms with Gasteiger partial charge in [-0.05, 0) is 59.8 Å². The third kappa shape index (κ3) is 2.97. The molecule has 0 bridgehead atoms. The number of ether oxygens (including phenoxy) is 1. The summed E-state index contributed by atoms with van der Waals surface area (Å²) in [5.74, 6) is 0.459. The molecule has 0 aliphatic heterocycles. The highest BCUT2D eigenvalue weighted by Crippen LogP contribution is 2.30. The fraction of sp³-hybridized carbons (Fsp3) is 0.158. The lowest BCUT2D eigenvalue weighted by molar-refractivity contribution is 0.0963. The summed E-state index contributed by atoms with van der Waals surface area (Å²) in [4.78, 5) is 25.1. The third-order valence-corrected chi connectivity index (χ3v) is 4.93. The average Bonchev–Trinajstić information content (AvgIpc) is 3.22. The molecule has 0 saturated carbocycles. The van der Waals surface area contributed by atoms with Crippen LogP contribution < -0.4 is 10.4 Å². The maximum atomic E-state index is 13.2. The van der Waals surface area contributed by atoms with Crippen LogP contribution >= 0.6 is 11.6 Å². The fourth-order valence-corrected chi connectivity index (χ4v) is 3.37. The van der Waals surface area contributed by atoms with E-state index in [-0.39, 0.29) is 12.5 Å². The van der Waals surface area contributed by atoms with Gasteiger partial charge in [0.05, 0.1) is 19.2 Å². The molecule has 4 rings (SSSR count). The Morgan fingerprint density at radius 3 is 2.61 bits per heavy atom. The maximum Gasteiger partial charge on any atom is 0.361 e. The van der Waals surface area contributed by atoms with Crippen LogP contribution in [0.25, 0.3) is 10.9 Å². The highest BCUT2D eigenvalue weighted by Gasteiger charge is 2.21. The number of aromatic amines is 1. The number of H-pyrrole nitrogens is 1. The summed E-state index contributed by atoms with van der Waals surface area (Å²) in [6.07, 6.45) is 0. The van der Waals surface area contributed by atoms with Crippen LogP contribution in [0.1, 0.15) is 21.6 Å². The van der Waals surface area contributed by atoms with Crippen LogP contribution in [-0.4, -0.2) is 37.8 Å². The lowest BCUT2D eigenvalue weighted by atomic mass is 10.1. The van der Waals surface area contributed by atoms with Crippen molar-refractivity contribution in [3.63, 3.8) is 0 Å². The summed E-state index contributed by atoms with van der Waals surface area (Å²) in [6, 6.07) is 12.2. The Hall–Kier alpha value is -3.39. The van der Waals surface area contributed by atoms with E-state index >= 15 is 0 Å². The predicted molar refractivity (Wildman–Crippen MR) is 104 cm³/mol. The van der Waals surface area contributed by atoms with Crippen LogP contribution in [0.2, 0.25) is 5.02 Å². The van der Waals surface area contributed by atoms with Crippen LogP contribution in [0.15, 0.2) is 47.3 Å². The number of aromatic nitrogens is 5. The molecular formula is C19H16ClN5O3. The summed E-state index contributed by atoms with van der Waals surface area (Å²) < 4.78 is 8.16. The van der Waals surface area contributed by atoms with Gasteiger partial charge in [-0.1, -0.05) is 11.6 Å². The zero-order valence-corrected chi connectivity index (χ0v) is 15.9. The smallest absolute Gasteiger partial charge is 0.361 e.